The third-order valence-corrected chi connectivity index (χ3v) is 2.57. The van der Waals surface area contributed by atoms with Crippen molar-refractivity contribution in [3.8, 4) is 0 Å². The maximum absolute atomic E-state index is 12.5. The summed E-state index contributed by atoms with van der Waals surface area (Å²) >= 11 is 0. The second kappa shape index (κ2) is 4.40. The highest BCUT2D eigenvalue weighted by Gasteiger charge is 2.58. The summed E-state index contributed by atoms with van der Waals surface area (Å²) < 4.78 is 75.3. The third kappa shape index (κ3) is 2.80. The molecule has 0 aliphatic rings. The van der Waals surface area contributed by atoms with Crippen LogP contribution in [0.25, 0.3) is 10.9 Å². The van der Waals surface area contributed by atoms with Crippen LogP contribution < -0.4 is 0 Å². The van der Waals surface area contributed by atoms with E-state index in [-0.39, 0.29) is 5.52 Å². The van der Waals surface area contributed by atoms with E-state index in [1.54, 1.807) is 12.1 Å². The molecule has 102 valence electrons. The lowest BCUT2D eigenvalue weighted by Gasteiger charge is -2.22. The smallest absolute Gasteiger partial charge is 0.252 e. The fourth-order valence-electron chi connectivity index (χ4n) is 1.76. The van der Waals surface area contributed by atoms with Gasteiger partial charge in [0.2, 0.25) is 0 Å². The monoisotopic (exact) mass is 279 g/mol. The Hall–Kier alpha value is -1.79. The molecule has 0 amide bonds. The van der Waals surface area contributed by atoms with Crippen LogP contribution in [0.3, 0.4) is 0 Å². The molecule has 2 aromatic rings. The number of hydrogen-bond acceptors (Lipinski definition) is 1. The largest absolute Gasteiger partial charge is 0.406 e. The van der Waals surface area contributed by atoms with Crippen LogP contribution in [0.4, 0.5) is 26.3 Å². The summed E-state index contributed by atoms with van der Waals surface area (Å²) in [6.07, 6.45) is -10.8. The van der Waals surface area contributed by atoms with E-state index in [4.69, 9.17) is 0 Å². The van der Waals surface area contributed by atoms with Crippen molar-refractivity contribution in [2.75, 3.05) is 0 Å². The number of hydrogen-bond donors (Lipinski definition) is 0. The van der Waals surface area contributed by atoms with Gasteiger partial charge in [-0.2, -0.15) is 26.3 Å². The number of aromatic nitrogens is 1. The van der Waals surface area contributed by atoms with Gasteiger partial charge in [0.1, 0.15) is 0 Å². The first-order chi connectivity index (χ1) is 8.69. The van der Waals surface area contributed by atoms with Gasteiger partial charge in [-0.05, 0) is 12.1 Å². The number of benzene rings is 1. The average Bonchev–Trinajstić information content (AvgIpc) is 2.25. The molecule has 0 N–H and O–H groups in total. The molecule has 19 heavy (non-hydrogen) atoms. The third-order valence-electron chi connectivity index (χ3n) is 2.57. The van der Waals surface area contributed by atoms with E-state index in [0.717, 1.165) is 6.07 Å². The molecule has 1 aromatic heterocycles. The molecule has 2 rings (SSSR count). The fraction of sp³-hybridized carbons (Fsp3) is 0.250. The number of nitrogens with zero attached hydrogens (tertiary/aromatic N) is 1. The minimum atomic E-state index is -5.42. The Morgan fingerprint density at radius 2 is 1.37 bits per heavy atom. The molecule has 0 aliphatic heterocycles. The Labute approximate surface area is 103 Å². The van der Waals surface area contributed by atoms with Crippen LogP contribution in [0, 0.1) is 0 Å². The van der Waals surface area contributed by atoms with Gasteiger partial charge in [0, 0.05) is 5.39 Å². The van der Waals surface area contributed by atoms with Gasteiger partial charge in [-0.3, -0.25) is 4.98 Å². The summed E-state index contributed by atoms with van der Waals surface area (Å²) in [5, 5.41) is 0.481. The van der Waals surface area contributed by atoms with Crippen molar-refractivity contribution < 1.29 is 26.3 Å². The summed E-state index contributed by atoms with van der Waals surface area (Å²) in [5.74, 6) is -3.57. The van der Waals surface area contributed by atoms with Gasteiger partial charge in [0.15, 0.2) is 5.92 Å². The second-order valence-corrected chi connectivity index (χ2v) is 3.95. The Kier molecular flexibility index (Phi) is 3.15. The molecule has 0 saturated heterocycles. The zero-order chi connectivity index (χ0) is 14.3. The molecule has 0 atom stereocenters. The number of para-hydroxylation sites is 1. The Morgan fingerprint density at radius 3 is 1.95 bits per heavy atom. The standard InChI is InChI=1S/C12H7F6N/c13-11(14,15)10(12(16,17)18)9-6-5-7-3-1-2-4-8(7)19-9/h1-6,10H. The molecule has 0 fully saturated rings. The number of alkyl halides is 6. The van der Waals surface area contributed by atoms with Crippen LogP contribution in [-0.2, 0) is 0 Å². The molecule has 1 heterocycles. The number of rotatable bonds is 1. The lowest BCUT2D eigenvalue weighted by atomic mass is 10.0. The van der Waals surface area contributed by atoms with Crippen molar-refractivity contribution in [3.05, 3.63) is 42.1 Å². The quantitative estimate of drug-likeness (QED) is 0.703. The van der Waals surface area contributed by atoms with E-state index >= 15 is 0 Å². The highest BCUT2D eigenvalue weighted by Crippen LogP contribution is 2.45. The average molecular weight is 279 g/mol. The maximum Gasteiger partial charge on any atom is 0.406 e. The fourth-order valence-corrected chi connectivity index (χ4v) is 1.76. The first kappa shape index (κ1) is 13.6. The molecule has 0 saturated carbocycles. The molecule has 0 spiro atoms. The van der Waals surface area contributed by atoms with Crippen LogP contribution >= 0.6 is 0 Å². The van der Waals surface area contributed by atoms with Gasteiger partial charge in [0.05, 0.1) is 11.2 Å². The van der Waals surface area contributed by atoms with Crippen LogP contribution in [0.2, 0.25) is 0 Å². The summed E-state index contributed by atoms with van der Waals surface area (Å²) in [4.78, 5) is 3.47. The molecule has 1 nitrogen and oxygen atoms in total. The van der Waals surface area contributed by atoms with Crippen molar-refractivity contribution in [2.45, 2.75) is 18.3 Å². The van der Waals surface area contributed by atoms with E-state index in [9.17, 15) is 26.3 Å². The number of halogens is 6. The van der Waals surface area contributed by atoms with Gasteiger partial charge < -0.3 is 0 Å². The van der Waals surface area contributed by atoms with Gasteiger partial charge in [-0.15, -0.1) is 0 Å². The highest BCUT2D eigenvalue weighted by molar-refractivity contribution is 5.78. The van der Waals surface area contributed by atoms with E-state index in [2.05, 4.69) is 4.98 Å². The summed E-state index contributed by atoms with van der Waals surface area (Å²) in [6, 6.07) is 7.99. The topological polar surface area (TPSA) is 12.9 Å². The zero-order valence-electron chi connectivity index (χ0n) is 9.26. The lowest BCUT2D eigenvalue weighted by Crippen LogP contribution is -2.34. The first-order valence-electron chi connectivity index (χ1n) is 5.19. The van der Waals surface area contributed by atoms with Crippen LogP contribution in [0.15, 0.2) is 36.4 Å². The van der Waals surface area contributed by atoms with E-state index < -0.39 is 24.0 Å². The molecule has 7 heteroatoms. The van der Waals surface area contributed by atoms with Crippen LogP contribution in [-0.4, -0.2) is 17.3 Å². The molecule has 1 aromatic carbocycles. The van der Waals surface area contributed by atoms with E-state index in [1.807, 2.05) is 0 Å². The normalized spacial score (nSPS) is 13.2. The predicted octanol–water partition coefficient (Wildman–Crippen LogP) is 4.44. The zero-order valence-corrected chi connectivity index (χ0v) is 9.26. The Bertz CT molecular complexity index is 573. The minimum Gasteiger partial charge on any atom is -0.252 e. The van der Waals surface area contributed by atoms with Gasteiger partial charge in [-0.1, -0.05) is 24.3 Å². The highest BCUT2D eigenvalue weighted by atomic mass is 19.4. The first-order valence-corrected chi connectivity index (χ1v) is 5.19. The Morgan fingerprint density at radius 1 is 0.789 bits per heavy atom. The lowest BCUT2D eigenvalue weighted by molar-refractivity contribution is -0.254. The molecular formula is C12H7F6N. The number of fused-ring (bicyclic) bond motifs is 1. The summed E-state index contributed by atoms with van der Waals surface area (Å²) in [6.45, 7) is 0. The molecule has 0 unspecified atom stereocenters. The van der Waals surface area contributed by atoms with Crippen molar-refractivity contribution in [1.29, 1.82) is 0 Å². The second-order valence-electron chi connectivity index (χ2n) is 3.95. The molecule has 0 aliphatic carbocycles. The minimum absolute atomic E-state index is 0.0958. The van der Waals surface area contributed by atoms with Crippen molar-refractivity contribution >= 4 is 10.9 Å². The molecule has 0 bridgehead atoms. The van der Waals surface area contributed by atoms with Crippen LogP contribution in [0.5, 0.6) is 0 Å². The van der Waals surface area contributed by atoms with Crippen molar-refractivity contribution in [3.63, 3.8) is 0 Å². The maximum atomic E-state index is 12.5. The molecule has 0 radical (unpaired) electrons. The van der Waals surface area contributed by atoms with Crippen molar-refractivity contribution in [1.82, 2.24) is 4.98 Å². The van der Waals surface area contributed by atoms with Crippen LogP contribution in [0.1, 0.15) is 11.6 Å². The van der Waals surface area contributed by atoms with E-state index in [1.165, 1.54) is 18.2 Å². The number of pyridine rings is 1. The SMILES string of the molecule is FC(F)(F)C(c1ccc2ccccc2n1)C(F)(F)F. The van der Waals surface area contributed by atoms with E-state index in [0.29, 0.717) is 5.39 Å². The molecular weight excluding hydrogens is 272 g/mol. The summed E-state index contributed by atoms with van der Waals surface area (Å²) in [7, 11) is 0. The van der Waals surface area contributed by atoms with Gasteiger partial charge >= 0.3 is 12.4 Å². The van der Waals surface area contributed by atoms with Crippen molar-refractivity contribution in [2.24, 2.45) is 0 Å². The predicted molar refractivity (Wildman–Crippen MR) is 56.6 cm³/mol. The Balaban J connectivity index is 2.57. The van der Waals surface area contributed by atoms with Gasteiger partial charge in [-0.25, -0.2) is 0 Å². The summed E-state index contributed by atoms with van der Waals surface area (Å²) in [5.41, 5.74) is -0.947. The van der Waals surface area contributed by atoms with Gasteiger partial charge in [0.25, 0.3) is 0 Å².